The molecule has 140 valence electrons. The fourth-order valence-corrected chi connectivity index (χ4v) is 3.65. The molecular weight excluding hydrogens is 390 g/mol. The van der Waals surface area contributed by atoms with Crippen molar-refractivity contribution < 1.29 is 4.79 Å². The van der Waals surface area contributed by atoms with E-state index in [1.807, 2.05) is 72.1 Å². The zero-order valence-electron chi connectivity index (χ0n) is 14.8. The molecular formula is C20H17N5OS2. The topological polar surface area (TPSA) is 74.7 Å². The largest absolute Gasteiger partial charge is 0.356 e. The molecule has 2 heterocycles. The predicted molar refractivity (Wildman–Crippen MR) is 116 cm³/mol. The minimum atomic E-state index is -0.168. The van der Waals surface area contributed by atoms with Crippen LogP contribution < -0.4 is 10.6 Å². The number of H-pyrrole nitrogens is 1. The van der Waals surface area contributed by atoms with E-state index in [4.69, 9.17) is 12.2 Å². The van der Waals surface area contributed by atoms with Gasteiger partial charge in [0.05, 0.1) is 4.88 Å². The van der Waals surface area contributed by atoms with Gasteiger partial charge in [0.2, 0.25) is 5.91 Å². The molecule has 4 rings (SSSR count). The SMILES string of the molecule is O=C(Cn1c(-c2cccs2)n[nH]c1=S)Nc1ccc(Nc2ccccc2)cc1. The number of nitrogens with zero attached hydrogens (tertiary/aromatic N) is 2. The lowest BCUT2D eigenvalue weighted by Gasteiger charge is -2.09. The van der Waals surface area contributed by atoms with E-state index in [0.29, 0.717) is 10.6 Å². The molecule has 0 radical (unpaired) electrons. The normalized spacial score (nSPS) is 10.6. The molecule has 2 aromatic carbocycles. The van der Waals surface area contributed by atoms with Crippen LogP contribution in [0.15, 0.2) is 72.1 Å². The molecule has 6 nitrogen and oxygen atoms in total. The molecule has 0 fully saturated rings. The molecule has 4 aromatic rings. The highest BCUT2D eigenvalue weighted by Crippen LogP contribution is 2.23. The van der Waals surface area contributed by atoms with E-state index in [-0.39, 0.29) is 12.5 Å². The summed E-state index contributed by atoms with van der Waals surface area (Å²) < 4.78 is 2.11. The third-order valence-electron chi connectivity index (χ3n) is 4.03. The van der Waals surface area contributed by atoms with Crippen LogP contribution in [-0.4, -0.2) is 20.7 Å². The first-order valence-electron chi connectivity index (χ1n) is 8.60. The zero-order chi connectivity index (χ0) is 19.3. The second-order valence-corrected chi connectivity index (χ2v) is 7.37. The maximum Gasteiger partial charge on any atom is 0.244 e. The van der Waals surface area contributed by atoms with Gasteiger partial charge in [-0.3, -0.25) is 14.5 Å². The van der Waals surface area contributed by atoms with Crippen LogP contribution in [0.5, 0.6) is 0 Å². The van der Waals surface area contributed by atoms with Gasteiger partial charge in [0, 0.05) is 17.1 Å². The summed E-state index contributed by atoms with van der Waals surface area (Å²) in [5.74, 6) is 0.497. The Hall–Kier alpha value is -3.23. The third kappa shape index (κ3) is 4.19. The molecule has 0 bridgehead atoms. The number of nitrogens with one attached hydrogen (secondary N) is 3. The Balaban J connectivity index is 1.42. The minimum absolute atomic E-state index is 0.0899. The number of carbonyl (C=O) groups is 1. The Bertz CT molecular complexity index is 1120. The van der Waals surface area contributed by atoms with Crippen molar-refractivity contribution >= 4 is 46.5 Å². The second-order valence-electron chi connectivity index (χ2n) is 6.03. The quantitative estimate of drug-likeness (QED) is 0.391. The van der Waals surface area contributed by atoms with E-state index in [9.17, 15) is 4.79 Å². The molecule has 3 N–H and O–H groups in total. The van der Waals surface area contributed by atoms with E-state index >= 15 is 0 Å². The van der Waals surface area contributed by atoms with E-state index < -0.39 is 0 Å². The van der Waals surface area contributed by atoms with Gasteiger partial charge in [-0.2, -0.15) is 5.10 Å². The Kier molecular flexibility index (Phi) is 5.31. The monoisotopic (exact) mass is 407 g/mol. The summed E-state index contributed by atoms with van der Waals surface area (Å²) in [6.45, 7) is 0.0899. The van der Waals surface area contributed by atoms with Crippen molar-refractivity contribution in [3.05, 3.63) is 76.9 Å². The molecule has 1 amide bonds. The molecule has 8 heteroatoms. The summed E-state index contributed by atoms with van der Waals surface area (Å²) in [7, 11) is 0. The van der Waals surface area contributed by atoms with E-state index in [0.717, 1.165) is 21.9 Å². The van der Waals surface area contributed by atoms with Crippen LogP contribution in [0.3, 0.4) is 0 Å². The lowest BCUT2D eigenvalue weighted by atomic mass is 10.2. The summed E-state index contributed by atoms with van der Waals surface area (Å²) in [5.41, 5.74) is 2.67. The van der Waals surface area contributed by atoms with E-state index in [1.165, 1.54) is 0 Å². The first-order valence-corrected chi connectivity index (χ1v) is 9.89. The Morgan fingerprint density at radius 1 is 1.00 bits per heavy atom. The van der Waals surface area contributed by atoms with Gasteiger partial charge in [0.25, 0.3) is 0 Å². The Morgan fingerprint density at radius 2 is 1.71 bits per heavy atom. The highest BCUT2D eigenvalue weighted by molar-refractivity contribution is 7.71. The zero-order valence-corrected chi connectivity index (χ0v) is 16.4. The van der Waals surface area contributed by atoms with Crippen LogP contribution in [-0.2, 0) is 11.3 Å². The van der Waals surface area contributed by atoms with E-state index in [1.54, 1.807) is 15.9 Å². The molecule has 0 aliphatic heterocycles. The third-order valence-corrected chi connectivity index (χ3v) is 5.21. The molecule has 28 heavy (non-hydrogen) atoms. The molecule has 0 spiro atoms. The van der Waals surface area contributed by atoms with Crippen molar-refractivity contribution in [1.82, 2.24) is 14.8 Å². The van der Waals surface area contributed by atoms with Gasteiger partial charge in [0.15, 0.2) is 10.6 Å². The average Bonchev–Trinajstić information content (AvgIpc) is 3.35. The van der Waals surface area contributed by atoms with Crippen molar-refractivity contribution in [2.24, 2.45) is 0 Å². The van der Waals surface area contributed by atoms with Crippen molar-refractivity contribution in [3.63, 3.8) is 0 Å². The lowest BCUT2D eigenvalue weighted by molar-refractivity contribution is -0.116. The number of hydrogen-bond donors (Lipinski definition) is 3. The van der Waals surface area contributed by atoms with Gasteiger partial charge in [0.1, 0.15) is 6.54 Å². The maximum atomic E-state index is 12.5. The molecule has 0 saturated heterocycles. The first-order chi connectivity index (χ1) is 13.7. The fraction of sp³-hybridized carbons (Fsp3) is 0.0500. The van der Waals surface area contributed by atoms with Crippen molar-refractivity contribution in [1.29, 1.82) is 0 Å². The van der Waals surface area contributed by atoms with Crippen LogP contribution in [0.1, 0.15) is 0 Å². The number of hydrogen-bond acceptors (Lipinski definition) is 5. The number of carbonyl (C=O) groups excluding carboxylic acids is 1. The molecule has 2 aromatic heterocycles. The number of thiophene rings is 1. The molecule has 0 aliphatic rings. The van der Waals surface area contributed by atoms with Gasteiger partial charge in [-0.15, -0.1) is 11.3 Å². The van der Waals surface area contributed by atoms with Crippen molar-refractivity contribution in [2.45, 2.75) is 6.54 Å². The van der Waals surface area contributed by atoms with Gasteiger partial charge in [-0.1, -0.05) is 24.3 Å². The van der Waals surface area contributed by atoms with Gasteiger partial charge in [-0.25, -0.2) is 0 Å². The van der Waals surface area contributed by atoms with Crippen molar-refractivity contribution in [2.75, 3.05) is 10.6 Å². The summed E-state index contributed by atoms with van der Waals surface area (Å²) in [6.07, 6.45) is 0. The van der Waals surface area contributed by atoms with Crippen LogP contribution in [0.4, 0.5) is 17.1 Å². The average molecular weight is 408 g/mol. The highest BCUT2D eigenvalue weighted by atomic mass is 32.1. The van der Waals surface area contributed by atoms with Gasteiger partial charge in [-0.05, 0) is 60.1 Å². The molecule has 0 aliphatic carbocycles. The first kappa shape index (κ1) is 18.1. The predicted octanol–water partition coefficient (Wildman–Crippen LogP) is 5.05. The standard InChI is InChI=1S/C20H17N5OS2/c26-18(13-25-19(23-24-20(25)27)17-7-4-12-28-17)22-16-10-8-15(9-11-16)21-14-5-2-1-3-6-14/h1-12,21H,13H2,(H,22,26)(H,24,27). The fourth-order valence-electron chi connectivity index (χ4n) is 2.73. The minimum Gasteiger partial charge on any atom is -0.356 e. The van der Waals surface area contributed by atoms with E-state index in [2.05, 4.69) is 20.8 Å². The summed E-state index contributed by atoms with van der Waals surface area (Å²) in [5, 5.41) is 15.2. The highest BCUT2D eigenvalue weighted by Gasteiger charge is 2.13. The Labute approximate surface area is 170 Å². The maximum absolute atomic E-state index is 12.5. The van der Waals surface area contributed by atoms with Gasteiger partial charge < -0.3 is 10.6 Å². The van der Waals surface area contributed by atoms with Gasteiger partial charge >= 0.3 is 0 Å². The second kappa shape index (κ2) is 8.20. The number of rotatable bonds is 6. The van der Waals surface area contributed by atoms with Crippen LogP contribution in [0.2, 0.25) is 0 Å². The number of anilines is 3. The number of para-hydroxylation sites is 1. The Morgan fingerprint density at radius 3 is 2.43 bits per heavy atom. The number of aromatic amines is 1. The van der Waals surface area contributed by atoms with Crippen molar-refractivity contribution in [3.8, 4) is 10.7 Å². The molecule has 0 unspecified atom stereocenters. The lowest BCUT2D eigenvalue weighted by Crippen LogP contribution is -2.19. The number of benzene rings is 2. The molecule has 0 atom stereocenters. The van der Waals surface area contributed by atoms with Crippen LogP contribution in [0.25, 0.3) is 10.7 Å². The number of aromatic nitrogens is 3. The summed E-state index contributed by atoms with van der Waals surface area (Å²) in [4.78, 5) is 13.5. The molecule has 0 saturated carbocycles. The number of amides is 1. The summed E-state index contributed by atoms with van der Waals surface area (Å²) in [6, 6.07) is 21.4. The smallest absolute Gasteiger partial charge is 0.244 e. The van der Waals surface area contributed by atoms with Crippen LogP contribution in [0, 0.1) is 4.77 Å². The summed E-state index contributed by atoms with van der Waals surface area (Å²) >= 11 is 6.82. The van der Waals surface area contributed by atoms with Crippen LogP contribution >= 0.6 is 23.6 Å².